The van der Waals surface area contributed by atoms with Gasteiger partial charge in [0.15, 0.2) is 0 Å². The highest BCUT2D eigenvalue weighted by Gasteiger charge is 2.36. The molecule has 1 heterocycles. The Bertz CT molecular complexity index is 1500. The number of benzene rings is 3. The van der Waals surface area contributed by atoms with E-state index in [1.807, 2.05) is 36.4 Å². The first-order chi connectivity index (χ1) is 19.5. The van der Waals surface area contributed by atoms with Crippen molar-refractivity contribution in [1.82, 2.24) is 20.3 Å². The second-order valence-electron chi connectivity index (χ2n) is 9.71. The Morgan fingerprint density at radius 3 is 2.45 bits per heavy atom. The van der Waals surface area contributed by atoms with Crippen LogP contribution in [0.2, 0.25) is 0 Å². The molecule has 10 nitrogen and oxygen atoms in total. The van der Waals surface area contributed by atoms with Gasteiger partial charge in [0, 0.05) is 12.1 Å². The minimum absolute atomic E-state index is 0.0505. The molecule has 0 aliphatic heterocycles. The molecule has 1 N–H and O–H groups in total. The summed E-state index contributed by atoms with van der Waals surface area (Å²) in [7, 11) is 4.64. The molecule has 1 aromatic heterocycles. The van der Waals surface area contributed by atoms with Crippen LogP contribution in [0.3, 0.4) is 0 Å². The Hall–Kier alpha value is -4.60. The predicted molar refractivity (Wildman–Crippen MR) is 151 cm³/mol. The van der Waals surface area contributed by atoms with Crippen LogP contribution in [0, 0.1) is 0 Å². The summed E-state index contributed by atoms with van der Waals surface area (Å²) in [5, 5.41) is 11.6. The SMILES string of the molecule is COc1cccc(C(C(=O)NC2CCCC2)N(C(=O)Cn2nnc3ccccc32)c2ccc(OC)cc2OC)c1. The summed E-state index contributed by atoms with van der Waals surface area (Å²) in [5.74, 6) is 0.872. The van der Waals surface area contributed by atoms with Gasteiger partial charge in [-0.25, -0.2) is 4.68 Å². The average Bonchev–Trinajstić information content (AvgIpc) is 3.65. The normalized spacial score (nSPS) is 14.1. The van der Waals surface area contributed by atoms with Gasteiger partial charge < -0.3 is 19.5 Å². The summed E-state index contributed by atoms with van der Waals surface area (Å²) in [6.45, 7) is -0.146. The molecule has 1 fully saturated rings. The molecule has 1 atom stereocenters. The van der Waals surface area contributed by atoms with Crippen molar-refractivity contribution >= 4 is 28.5 Å². The number of nitrogens with one attached hydrogen (secondary N) is 1. The quantitative estimate of drug-likeness (QED) is 0.318. The second-order valence-corrected chi connectivity index (χ2v) is 9.71. The number of carbonyl (C=O) groups is 2. The highest BCUT2D eigenvalue weighted by molar-refractivity contribution is 6.02. The zero-order valence-electron chi connectivity index (χ0n) is 22.9. The number of anilines is 1. The van der Waals surface area contributed by atoms with E-state index in [0.717, 1.165) is 25.7 Å². The summed E-state index contributed by atoms with van der Waals surface area (Å²) in [4.78, 5) is 29.9. The number of fused-ring (bicyclic) bond motifs is 1. The van der Waals surface area contributed by atoms with Gasteiger partial charge in [-0.2, -0.15) is 0 Å². The molecule has 0 saturated heterocycles. The monoisotopic (exact) mass is 543 g/mol. The minimum atomic E-state index is -1.01. The van der Waals surface area contributed by atoms with Crippen molar-refractivity contribution in [2.24, 2.45) is 0 Å². The Morgan fingerprint density at radius 2 is 1.70 bits per heavy atom. The first-order valence-electron chi connectivity index (χ1n) is 13.3. The molecule has 4 aromatic rings. The summed E-state index contributed by atoms with van der Waals surface area (Å²) in [5.41, 5.74) is 2.41. The molecular weight excluding hydrogens is 510 g/mol. The zero-order valence-corrected chi connectivity index (χ0v) is 22.9. The highest BCUT2D eigenvalue weighted by atomic mass is 16.5. The number of para-hydroxylation sites is 1. The summed E-state index contributed by atoms with van der Waals surface area (Å²) in [6, 6.07) is 18.8. The average molecular weight is 544 g/mol. The first-order valence-corrected chi connectivity index (χ1v) is 13.3. The molecule has 208 valence electrons. The van der Waals surface area contributed by atoms with Gasteiger partial charge in [0.25, 0.3) is 0 Å². The van der Waals surface area contributed by atoms with E-state index in [2.05, 4.69) is 15.6 Å². The van der Waals surface area contributed by atoms with Crippen LogP contribution >= 0.6 is 0 Å². The van der Waals surface area contributed by atoms with Crippen LogP contribution in [0.5, 0.6) is 17.2 Å². The van der Waals surface area contributed by atoms with Crippen molar-refractivity contribution in [3.63, 3.8) is 0 Å². The number of rotatable bonds is 10. The van der Waals surface area contributed by atoms with Crippen LogP contribution < -0.4 is 24.4 Å². The number of hydrogen-bond acceptors (Lipinski definition) is 7. The number of carbonyl (C=O) groups excluding carboxylic acids is 2. The smallest absolute Gasteiger partial charge is 0.249 e. The van der Waals surface area contributed by atoms with Crippen LogP contribution in [-0.2, 0) is 16.1 Å². The largest absolute Gasteiger partial charge is 0.497 e. The van der Waals surface area contributed by atoms with E-state index in [4.69, 9.17) is 14.2 Å². The summed E-state index contributed by atoms with van der Waals surface area (Å²) < 4.78 is 18.1. The van der Waals surface area contributed by atoms with Crippen LogP contribution in [0.15, 0.2) is 66.7 Å². The number of ether oxygens (including phenoxy) is 3. The molecule has 5 rings (SSSR count). The van der Waals surface area contributed by atoms with E-state index in [1.54, 1.807) is 44.6 Å². The summed E-state index contributed by atoms with van der Waals surface area (Å²) >= 11 is 0. The lowest BCUT2D eigenvalue weighted by atomic mass is 10.0. The van der Waals surface area contributed by atoms with Crippen LogP contribution in [-0.4, -0.2) is 54.2 Å². The number of hydrogen-bond donors (Lipinski definition) is 1. The molecule has 1 aliphatic rings. The lowest BCUT2D eigenvalue weighted by Gasteiger charge is -2.33. The fourth-order valence-electron chi connectivity index (χ4n) is 5.22. The van der Waals surface area contributed by atoms with Crippen LogP contribution in [0.4, 0.5) is 5.69 Å². The van der Waals surface area contributed by atoms with Gasteiger partial charge in [-0.1, -0.05) is 42.3 Å². The maximum absolute atomic E-state index is 14.3. The van der Waals surface area contributed by atoms with E-state index >= 15 is 0 Å². The maximum atomic E-state index is 14.3. The Morgan fingerprint density at radius 1 is 0.950 bits per heavy atom. The Kier molecular flexibility index (Phi) is 8.14. The molecule has 1 saturated carbocycles. The third kappa shape index (κ3) is 5.56. The van der Waals surface area contributed by atoms with Gasteiger partial charge in [-0.05, 0) is 54.8 Å². The maximum Gasteiger partial charge on any atom is 0.249 e. The van der Waals surface area contributed by atoms with E-state index in [0.29, 0.717) is 39.5 Å². The lowest BCUT2D eigenvalue weighted by molar-refractivity contribution is -0.127. The van der Waals surface area contributed by atoms with E-state index < -0.39 is 6.04 Å². The fraction of sp³-hybridized carbons (Fsp3) is 0.333. The molecule has 40 heavy (non-hydrogen) atoms. The highest BCUT2D eigenvalue weighted by Crippen LogP contribution is 2.38. The van der Waals surface area contributed by atoms with Gasteiger partial charge in [0.05, 0.1) is 32.5 Å². The van der Waals surface area contributed by atoms with Crippen molar-refractivity contribution < 1.29 is 23.8 Å². The van der Waals surface area contributed by atoms with Crippen molar-refractivity contribution in [1.29, 1.82) is 0 Å². The molecule has 3 aromatic carbocycles. The van der Waals surface area contributed by atoms with Gasteiger partial charge in [-0.3, -0.25) is 14.5 Å². The Balaban J connectivity index is 1.64. The van der Waals surface area contributed by atoms with Gasteiger partial charge in [0.2, 0.25) is 11.8 Å². The third-order valence-corrected chi connectivity index (χ3v) is 7.24. The molecule has 10 heteroatoms. The van der Waals surface area contributed by atoms with Crippen molar-refractivity contribution in [3.05, 3.63) is 72.3 Å². The summed E-state index contributed by atoms with van der Waals surface area (Å²) in [6.07, 6.45) is 3.93. The van der Waals surface area contributed by atoms with E-state index in [9.17, 15) is 9.59 Å². The molecule has 0 spiro atoms. The van der Waals surface area contributed by atoms with Gasteiger partial charge in [-0.15, -0.1) is 5.10 Å². The molecule has 1 aliphatic carbocycles. The number of nitrogens with zero attached hydrogens (tertiary/aromatic N) is 4. The van der Waals surface area contributed by atoms with Crippen LogP contribution in [0.1, 0.15) is 37.3 Å². The number of methoxy groups -OCH3 is 3. The lowest BCUT2D eigenvalue weighted by Crippen LogP contribution is -2.47. The third-order valence-electron chi connectivity index (χ3n) is 7.24. The topological polar surface area (TPSA) is 108 Å². The first kappa shape index (κ1) is 27.0. The molecule has 0 radical (unpaired) electrons. The van der Waals surface area contributed by atoms with Gasteiger partial charge in [0.1, 0.15) is 35.4 Å². The fourth-order valence-corrected chi connectivity index (χ4v) is 5.22. The Labute approximate surface area is 232 Å². The van der Waals surface area contributed by atoms with Gasteiger partial charge >= 0.3 is 0 Å². The standard InChI is InChI=1S/C30H33N5O5/c1-38-22-12-8-9-20(17-22)29(30(37)31-21-10-4-5-11-21)35(26-16-15-23(39-2)18-27(26)40-3)28(36)19-34-25-14-7-6-13-24(25)32-33-34/h6-9,12-18,21,29H,4-5,10-11,19H2,1-3H3,(H,31,37). The van der Waals surface area contributed by atoms with E-state index in [1.165, 1.54) is 16.7 Å². The van der Waals surface area contributed by atoms with Crippen molar-refractivity contribution in [2.75, 3.05) is 26.2 Å². The molecular formula is C30H33N5O5. The van der Waals surface area contributed by atoms with E-state index in [-0.39, 0.29) is 24.4 Å². The van der Waals surface area contributed by atoms with Crippen molar-refractivity contribution in [3.8, 4) is 17.2 Å². The number of aromatic nitrogens is 3. The minimum Gasteiger partial charge on any atom is -0.497 e. The zero-order chi connectivity index (χ0) is 28.1. The molecule has 1 unspecified atom stereocenters. The number of amides is 2. The predicted octanol–water partition coefficient (Wildman–Crippen LogP) is 4.29. The molecule has 2 amide bonds. The van der Waals surface area contributed by atoms with Crippen LogP contribution in [0.25, 0.3) is 11.0 Å². The van der Waals surface area contributed by atoms with Crippen molar-refractivity contribution in [2.45, 2.75) is 44.3 Å². The second kappa shape index (κ2) is 12.1. The molecule has 0 bridgehead atoms.